The van der Waals surface area contributed by atoms with Gasteiger partial charge in [0.1, 0.15) is 0 Å². The van der Waals surface area contributed by atoms with E-state index >= 15 is 0 Å². The Morgan fingerprint density at radius 2 is 1.94 bits per heavy atom. The van der Waals surface area contributed by atoms with E-state index in [0.717, 1.165) is 12.8 Å². The van der Waals surface area contributed by atoms with Gasteiger partial charge in [0.15, 0.2) is 0 Å². The van der Waals surface area contributed by atoms with Crippen molar-refractivity contribution in [1.82, 2.24) is 10.2 Å². The Labute approximate surface area is 107 Å². The van der Waals surface area contributed by atoms with Crippen molar-refractivity contribution < 1.29 is 19.8 Å². The number of nitrogens with one attached hydrogen (secondary N) is 1. The van der Waals surface area contributed by atoms with E-state index in [1.807, 2.05) is 0 Å². The van der Waals surface area contributed by atoms with Crippen LogP contribution >= 0.6 is 0 Å². The molecule has 0 aromatic carbocycles. The number of rotatable bonds is 5. The van der Waals surface area contributed by atoms with Gasteiger partial charge in [-0.05, 0) is 32.6 Å². The van der Waals surface area contributed by atoms with Gasteiger partial charge < -0.3 is 20.4 Å². The molecule has 1 fully saturated rings. The predicted molar refractivity (Wildman–Crippen MR) is 66.2 cm³/mol. The van der Waals surface area contributed by atoms with Crippen LogP contribution in [0.3, 0.4) is 0 Å². The topological polar surface area (TPSA) is 89.9 Å². The molecule has 1 saturated carbocycles. The van der Waals surface area contributed by atoms with Gasteiger partial charge in [-0.15, -0.1) is 0 Å². The summed E-state index contributed by atoms with van der Waals surface area (Å²) in [5.74, 6) is -1.19. The summed E-state index contributed by atoms with van der Waals surface area (Å²) in [4.78, 5) is 24.1. The van der Waals surface area contributed by atoms with Crippen LogP contribution in [0.2, 0.25) is 0 Å². The third-order valence-corrected chi connectivity index (χ3v) is 3.58. The summed E-state index contributed by atoms with van der Waals surface area (Å²) in [6, 6.07) is -0.679. The highest BCUT2D eigenvalue weighted by atomic mass is 16.4. The van der Waals surface area contributed by atoms with Gasteiger partial charge in [-0.25, -0.2) is 4.79 Å². The van der Waals surface area contributed by atoms with Crippen LogP contribution in [0.5, 0.6) is 0 Å². The molecular weight excluding hydrogens is 236 g/mol. The third-order valence-electron chi connectivity index (χ3n) is 3.58. The number of carbonyl (C=O) groups excluding carboxylic acids is 1. The first kappa shape index (κ1) is 14.8. The first-order valence-electron chi connectivity index (χ1n) is 6.23. The van der Waals surface area contributed by atoms with Gasteiger partial charge in [0.05, 0.1) is 12.0 Å². The molecule has 1 rings (SSSR count). The lowest BCUT2D eigenvalue weighted by Crippen LogP contribution is -2.48. The summed E-state index contributed by atoms with van der Waals surface area (Å²) in [5, 5.41) is 20.7. The number of hydrogen-bond acceptors (Lipinski definition) is 3. The smallest absolute Gasteiger partial charge is 0.317 e. The Balaban J connectivity index is 2.33. The number of aliphatic hydroxyl groups is 1. The van der Waals surface area contributed by atoms with Crippen molar-refractivity contribution in [2.75, 3.05) is 13.6 Å². The standard InChI is InChI=1S/C12H22N2O4/c1-7(11(16)17)8(2)13-12(18)14(3)6-9-4-10(15)5-9/h7-10,15H,4-6H2,1-3H3,(H,13,18)(H,16,17). The van der Waals surface area contributed by atoms with Gasteiger partial charge in [0.2, 0.25) is 0 Å². The van der Waals surface area contributed by atoms with Crippen LogP contribution in [0.4, 0.5) is 4.79 Å². The Morgan fingerprint density at radius 3 is 2.39 bits per heavy atom. The largest absolute Gasteiger partial charge is 0.481 e. The van der Waals surface area contributed by atoms with Gasteiger partial charge >= 0.3 is 12.0 Å². The van der Waals surface area contributed by atoms with Gasteiger partial charge in [-0.3, -0.25) is 4.79 Å². The second-order valence-electron chi connectivity index (χ2n) is 5.24. The first-order chi connectivity index (χ1) is 8.31. The van der Waals surface area contributed by atoms with Crippen LogP contribution < -0.4 is 5.32 Å². The normalized spacial score (nSPS) is 25.8. The second-order valence-corrected chi connectivity index (χ2v) is 5.24. The van der Waals surface area contributed by atoms with Crippen molar-refractivity contribution >= 4 is 12.0 Å². The lowest BCUT2D eigenvalue weighted by atomic mass is 9.82. The predicted octanol–water partition coefficient (Wildman–Crippen LogP) is 0.508. The van der Waals surface area contributed by atoms with Crippen LogP contribution in [0, 0.1) is 11.8 Å². The number of aliphatic carboxylic acids is 1. The van der Waals surface area contributed by atoms with E-state index in [-0.39, 0.29) is 12.1 Å². The van der Waals surface area contributed by atoms with Crippen LogP contribution in [-0.4, -0.2) is 52.9 Å². The van der Waals surface area contributed by atoms with E-state index in [2.05, 4.69) is 5.32 Å². The van der Waals surface area contributed by atoms with E-state index in [4.69, 9.17) is 10.2 Å². The highest BCUT2D eigenvalue weighted by molar-refractivity contribution is 5.76. The molecule has 6 nitrogen and oxygen atoms in total. The van der Waals surface area contributed by atoms with E-state index in [1.54, 1.807) is 25.8 Å². The molecule has 6 heteroatoms. The van der Waals surface area contributed by atoms with Crippen LogP contribution in [0.1, 0.15) is 26.7 Å². The maximum Gasteiger partial charge on any atom is 0.317 e. The molecule has 2 atom stereocenters. The quantitative estimate of drug-likeness (QED) is 0.670. The van der Waals surface area contributed by atoms with E-state index in [1.165, 1.54) is 0 Å². The SMILES string of the molecule is CC(NC(=O)N(C)CC1CC(O)C1)C(C)C(=O)O. The van der Waals surface area contributed by atoms with Crippen molar-refractivity contribution in [3.05, 3.63) is 0 Å². The molecule has 3 N–H and O–H groups in total. The highest BCUT2D eigenvalue weighted by Gasteiger charge is 2.29. The summed E-state index contributed by atoms with van der Waals surface area (Å²) in [7, 11) is 1.68. The lowest BCUT2D eigenvalue weighted by Gasteiger charge is -2.34. The molecule has 18 heavy (non-hydrogen) atoms. The lowest BCUT2D eigenvalue weighted by molar-refractivity contribution is -0.141. The number of nitrogens with zero attached hydrogens (tertiary/aromatic N) is 1. The summed E-state index contributed by atoms with van der Waals surface area (Å²) >= 11 is 0. The van der Waals surface area contributed by atoms with Crippen molar-refractivity contribution in [3.8, 4) is 0 Å². The zero-order chi connectivity index (χ0) is 13.9. The second kappa shape index (κ2) is 6.04. The zero-order valence-electron chi connectivity index (χ0n) is 11.1. The molecule has 2 amide bonds. The average Bonchev–Trinajstić information content (AvgIpc) is 2.25. The summed E-state index contributed by atoms with van der Waals surface area (Å²) in [6.45, 7) is 3.84. The summed E-state index contributed by atoms with van der Waals surface area (Å²) in [5.41, 5.74) is 0. The molecule has 0 aromatic heterocycles. The fourth-order valence-corrected chi connectivity index (χ4v) is 1.96. The highest BCUT2D eigenvalue weighted by Crippen LogP contribution is 2.27. The Kier molecular flexibility index (Phi) is 4.95. The van der Waals surface area contributed by atoms with Gasteiger partial charge in [-0.2, -0.15) is 0 Å². The van der Waals surface area contributed by atoms with E-state index in [9.17, 15) is 9.59 Å². The molecule has 0 aromatic rings. The maximum absolute atomic E-state index is 11.8. The number of amides is 2. The Hall–Kier alpha value is -1.30. The minimum atomic E-state index is -0.924. The molecule has 0 heterocycles. The molecule has 1 aliphatic rings. The van der Waals surface area contributed by atoms with Crippen LogP contribution in [0.15, 0.2) is 0 Å². The molecule has 0 saturated heterocycles. The molecule has 0 bridgehead atoms. The molecule has 1 aliphatic carbocycles. The van der Waals surface area contributed by atoms with Crippen molar-refractivity contribution in [3.63, 3.8) is 0 Å². The minimum Gasteiger partial charge on any atom is -0.481 e. The zero-order valence-corrected chi connectivity index (χ0v) is 11.1. The summed E-state index contributed by atoms with van der Waals surface area (Å²) < 4.78 is 0. The molecule has 0 spiro atoms. The number of aliphatic hydroxyl groups excluding tert-OH is 1. The van der Waals surface area contributed by atoms with Gasteiger partial charge in [0.25, 0.3) is 0 Å². The Bertz CT molecular complexity index is 315. The van der Waals surface area contributed by atoms with Crippen molar-refractivity contribution in [2.24, 2.45) is 11.8 Å². The van der Waals surface area contributed by atoms with Crippen LogP contribution in [0.25, 0.3) is 0 Å². The average molecular weight is 258 g/mol. The van der Waals surface area contributed by atoms with Crippen molar-refractivity contribution in [1.29, 1.82) is 0 Å². The maximum atomic E-state index is 11.8. The number of carboxylic acids is 1. The molecule has 2 unspecified atom stereocenters. The monoisotopic (exact) mass is 258 g/mol. The van der Waals surface area contributed by atoms with E-state index < -0.39 is 17.9 Å². The number of carboxylic acid groups (broad SMARTS) is 1. The summed E-state index contributed by atoms with van der Waals surface area (Å²) in [6.07, 6.45) is 1.25. The first-order valence-corrected chi connectivity index (χ1v) is 6.23. The molecule has 0 aliphatic heterocycles. The van der Waals surface area contributed by atoms with Crippen molar-refractivity contribution in [2.45, 2.75) is 38.8 Å². The number of urea groups is 1. The third kappa shape index (κ3) is 3.87. The van der Waals surface area contributed by atoms with Crippen LogP contribution in [-0.2, 0) is 4.79 Å². The number of carbonyl (C=O) groups is 2. The fourth-order valence-electron chi connectivity index (χ4n) is 1.96. The van der Waals surface area contributed by atoms with Gasteiger partial charge in [-0.1, -0.05) is 0 Å². The Morgan fingerprint density at radius 1 is 1.39 bits per heavy atom. The fraction of sp³-hybridized carbons (Fsp3) is 0.833. The molecule has 0 radical (unpaired) electrons. The molecule has 104 valence electrons. The van der Waals surface area contributed by atoms with Gasteiger partial charge in [0, 0.05) is 19.6 Å². The van der Waals surface area contributed by atoms with E-state index in [0.29, 0.717) is 12.5 Å². The molecular formula is C12H22N2O4. The minimum absolute atomic E-state index is 0.225. The number of hydrogen-bond donors (Lipinski definition) is 3.